The van der Waals surface area contributed by atoms with E-state index in [2.05, 4.69) is 12.2 Å². The molecule has 0 heterocycles. The molecular weight excluding hydrogens is 257 g/mol. The second-order valence-electron chi connectivity index (χ2n) is 5.66. The average molecular weight is 281 g/mol. The van der Waals surface area contributed by atoms with Gasteiger partial charge in [-0.2, -0.15) is 0 Å². The summed E-state index contributed by atoms with van der Waals surface area (Å²) in [5.41, 5.74) is 0. The monoisotopic (exact) mass is 281 g/mol. The second kappa shape index (κ2) is 7.60. The molecule has 0 saturated heterocycles. The van der Waals surface area contributed by atoms with Gasteiger partial charge in [0.25, 0.3) is 0 Å². The van der Waals surface area contributed by atoms with Crippen LogP contribution >= 0.6 is 0 Å². The van der Waals surface area contributed by atoms with Gasteiger partial charge in [0.2, 0.25) is 0 Å². The summed E-state index contributed by atoms with van der Waals surface area (Å²) in [6, 6.07) is 6.27. The highest BCUT2D eigenvalue weighted by atomic mass is 19.1. The van der Waals surface area contributed by atoms with E-state index in [1.54, 1.807) is 12.1 Å². The molecular formula is C16H24FNO2. The van der Waals surface area contributed by atoms with E-state index in [0.717, 1.165) is 5.92 Å². The van der Waals surface area contributed by atoms with E-state index in [9.17, 15) is 9.50 Å². The number of halogens is 1. The summed E-state index contributed by atoms with van der Waals surface area (Å²) in [7, 11) is 0. The van der Waals surface area contributed by atoms with Gasteiger partial charge in [-0.25, -0.2) is 4.39 Å². The van der Waals surface area contributed by atoms with Gasteiger partial charge in [0, 0.05) is 12.6 Å². The zero-order chi connectivity index (χ0) is 14.4. The Bertz CT molecular complexity index is 390. The summed E-state index contributed by atoms with van der Waals surface area (Å²) < 4.78 is 18.2. The highest BCUT2D eigenvalue weighted by Gasteiger charge is 2.21. The first-order chi connectivity index (χ1) is 9.65. The number of hydrogen-bond acceptors (Lipinski definition) is 3. The molecule has 0 spiro atoms. The van der Waals surface area contributed by atoms with Crippen molar-refractivity contribution in [2.75, 3.05) is 13.2 Å². The van der Waals surface area contributed by atoms with E-state index in [1.165, 1.54) is 37.8 Å². The standard InChI is InChI=1S/C16H24FNO2/c1-12(13-4-2-3-5-13)18-10-15(19)11-20-16-8-6-14(17)7-9-16/h6-9,12-13,15,18-19H,2-5,10-11H2,1H3/t12-,15?/m1/s1. The molecule has 2 rings (SSSR count). The number of ether oxygens (including phenoxy) is 1. The van der Waals surface area contributed by atoms with Crippen LogP contribution in [-0.2, 0) is 0 Å². The summed E-state index contributed by atoms with van der Waals surface area (Å²) in [4.78, 5) is 0. The van der Waals surface area contributed by atoms with Crippen LogP contribution < -0.4 is 10.1 Å². The Morgan fingerprint density at radius 3 is 2.60 bits per heavy atom. The van der Waals surface area contributed by atoms with Gasteiger partial charge in [-0.05, 0) is 49.9 Å². The number of nitrogens with one attached hydrogen (secondary N) is 1. The van der Waals surface area contributed by atoms with Gasteiger partial charge in [-0.3, -0.25) is 0 Å². The van der Waals surface area contributed by atoms with Crippen molar-refractivity contribution in [1.29, 1.82) is 0 Å². The normalized spacial score (nSPS) is 18.9. The Labute approximate surface area is 120 Å². The van der Waals surface area contributed by atoms with Crippen molar-refractivity contribution in [2.45, 2.75) is 44.8 Å². The first-order valence-corrected chi connectivity index (χ1v) is 7.45. The molecule has 1 unspecified atom stereocenters. The minimum atomic E-state index is -0.552. The van der Waals surface area contributed by atoms with Crippen molar-refractivity contribution < 1.29 is 14.2 Å². The number of hydrogen-bond donors (Lipinski definition) is 2. The molecule has 0 radical (unpaired) electrons. The summed E-state index contributed by atoms with van der Waals surface area (Å²) >= 11 is 0. The van der Waals surface area contributed by atoms with Crippen molar-refractivity contribution in [3.8, 4) is 5.75 Å². The van der Waals surface area contributed by atoms with Gasteiger partial charge in [-0.1, -0.05) is 12.8 Å². The van der Waals surface area contributed by atoms with E-state index in [4.69, 9.17) is 4.74 Å². The molecule has 1 aromatic rings. The number of aliphatic hydroxyl groups excluding tert-OH is 1. The lowest BCUT2D eigenvalue weighted by Gasteiger charge is -2.22. The van der Waals surface area contributed by atoms with E-state index in [-0.39, 0.29) is 12.4 Å². The van der Waals surface area contributed by atoms with Crippen LogP contribution in [0.1, 0.15) is 32.6 Å². The van der Waals surface area contributed by atoms with Crippen molar-refractivity contribution in [3.05, 3.63) is 30.1 Å². The Morgan fingerprint density at radius 1 is 1.30 bits per heavy atom. The molecule has 0 aromatic heterocycles. The summed E-state index contributed by atoms with van der Waals surface area (Å²) in [5.74, 6) is 1.03. The molecule has 0 bridgehead atoms. The number of aliphatic hydroxyl groups is 1. The van der Waals surface area contributed by atoms with E-state index < -0.39 is 6.10 Å². The Hall–Kier alpha value is -1.13. The maximum Gasteiger partial charge on any atom is 0.123 e. The predicted octanol–water partition coefficient (Wildman–Crippen LogP) is 2.73. The van der Waals surface area contributed by atoms with Crippen molar-refractivity contribution in [1.82, 2.24) is 5.32 Å². The summed E-state index contributed by atoms with van der Waals surface area (Å²) in [6.07, 6.45) is 4.68. The van der Waals surface area contributed by atoms with Gasteiger partial charge in [0.05, 0.1) is 0 Å². The Morgan fingerprint density at radius 2 is 1.95 bits per heavy atom. The maximum atomic E-state index is 12.7. The van der Waals surface area contributed by atoms with Crippen LogP contribution in [0.5, 0.6) is 5.75 Å². The van der Waals surface area contributed by atoms with Gasteiger partial charge < -0.3 is 15.2 Å². The van der Waals surface area contributed by atoms with Crippen molar-refractivity contribution in [2.24, 2.45) is 5.92 Å². The van der Waals surface area contributed by atoms with Crippen LogP contribution in [0.2, 0.25) is 0 Å². The summed E-state index contributed by atoms with van der Waals surface area (Å²) in [5, 5.41) is 13.3. The van der Waals surface area contributed by atoms with Crippen LogP contribution in [0, 0.1) is 11.7 Å². The Balaban J connectivity index is 1.64. The summed E-state index contributed by atoms with van der Waals surface area (Å²) in [6.45, 7) is 2.93. The lowest BCUT2D eigenvalue weighted by atomic mass is 10.00. The van der Waals surface area contributed by atoms with Crippen LogP contribution in [-0.4, -0.2) is 30.4 Å². The molecule has 1 aliphatic carbocycles. The van der Waals surface area contributed by atoms with E-state index in [1.807, 2.05) is 0 Å². The molecule has 3 nitrogen and oxygen atoms in total. The minimum absolute atomic E-state index is 0.218. The molecule has 2 N–H and O–H groups in total. The molecule has 1 fully saturated rings. The zero-order valence-corrected chi connectivity index (χ0v) is 12.0. The van der Waals surface area contributed by atoms with Crippen LogP contribution in [0.15, 0.2) is 24.3 Å². The lowest BCUT2D eigenvalue weighted by Crippen LogP contribution is -2.39. The van der Waals surface area contributed by atoms with Gasteiger partial charge in [0.1, 0.15) is 24.3 Å². The third-order valence-corrected chi connectivity index (χ3v) is 4.04. The first-order valence-electron chi connectivity index (χ1n) is 7.45. The lowest BCUT2D eigenvalue weighted by molar-refractivity contribution is 0.102. The predicted molar refractivity (Wildman–Crippen MR) is 77.3 cm³/mol. The SMILES string of the molecule is C[C@@H](NCC(O)COc1ccc(F)cc1)C1CCCC1. The Kier molecular flexibility index (Phi) is 5.80. The smallest absolute Gasteiger partial charge is 0.123 e. The number of rotatable bonds is 7. The van der Waals surface area contributed by atoms with Crippen LogP contribution in [0.25, 0.3) is 0 Å². The molecule has 20 heavy (non-hydrogen) atoms. The van der Waals surface area contributed by atoms with Gasteiger partial charge >= 0.3 is 0 Å². The second-order valence-corrected chi connectivity index (χ2v) is 5.66. The van der Waals surface area contributed by atoms with E-state index in [0.29, 0.717) is 18.3 Å². The number of benzene rings is 1. The van der Waals surface area contributed by atoms with Crippen LogP contribution in [0.4, 0.5) is 4.39 Å². The highest BCUT2D eigenvalue weighted by Crippen LogP contribution is 2.27. The van der Waals surface area contributed by atoms with Gasteiger partial charge in [0.15, 0.2) is 0 Å². The molecule has 0 amide bonds. The molecule has 4 heteroatoms. The molecule has 2 atom stereocenters. The maximum absolute atomic E-state index is 12.7. The fraction of sp³-hybridized carbons (Fsp3) is 0.625. The first kappa shape index (κ1) is 15.3. The molecule has 0 aliphatic heterocycles. The fourth-order valence-electron chi connectivity index (χ4n) is 2.73. The average Bonchev–Trinajstić information content (AvgIpc) is 2.98. The van der Waals surface area contributed by atoms with Gasteiger partial charge in [-0.15, -0.1) is 0 Å². The third-order valence-electron chi connectivity index (χ3n) is 4.04. The minimum Gasteiger partial charge on any atom is -0.491 e. The largest absolute Gasteiger partial charge is 0.491 e. The molecule has 1 aliphatic rings. The zero-order valence-electron chi connectivity index (χ0n) is 12.0. The quantitative estimate of drug-likeness (QED) is 0.807. The van der Waals surface area contributed by atoms with Crippen LogP contribution in [0.3, 0.4) is 0 Å². The third kappa shape index (κ3) is 4.76. The van der Waals surface area contributed by atoms with E-state index >= 15 is 0 Å². The van der Waals surface area contributed by atoms with Crippen molar-refractivity contribution in [3.63, 3.8) is 0 Å². The fourth-order valence-corrected chi connectivity index (χ4v) is 2.73. The molecule has 112 valence electrons. The topological polar surface area (TPSA) is 41.5 Å². The molecule has 1 aromatic carbocycles. The molecule has 1 saturated carbocycles. The highest BCUT2D eigenvalue weighted by molar-refractivity contribution is 5.22. The van der Waals surface area contributed by atoms with Crippen molar-refractivity contribution >= 4 is 0 Å².